The van der Waals surface area contributed by atoms with Gasteiger partial charge in [0.2, 0.25) is 5.91 Å². The number of benzene rings is 2. The zero-order chi connectivity index (χ0) is 21.2. The lowest BCUT2D eigenvalue weighted by Gasteiger charge is -2.11. The molecule has 1 aliphatic heterocycles. The Kier molecular flexibility index (Phi) is 5.74. The summed E-state index contributed by atoms with van der Waals surface area (Å²) in [5, 5.41) is 12.9. The smallest absolute Gasteiger partial charge is 0.234 e. The third kappa shape index (κ3) is 4.50. The number of rotatable bonds is 6. The number of ether oxygens (including phenoxy) is 2. The van der Waals surface area contributed by atoms with Crippen LogP contribution in [0.2, 0.25) is 5.02 Å². The number of carbonyl (C=O) groups excluding carboxylic acids is 1. The van der Waals surface area contributed by atoms with Crippen molar-refractivity contribution in [3.05, 3.63) is 47.5 Å². The number of aromatic nitrogens is 3. The fourth-order valence-electron chi connectivity index (χ4n) is 3.42. The first-order valence-corrected chi connectivity index (χ1v) is 11.6. The van der Waals surface area contributed by atoms with Crippen LogP contribution in [0.5, 0.6) is 11.5 Å². The van der Waals surface area contributed by atoms with Crippen LogP contribution >= 0.6 is 23.4 Å². The number of hydrogen-bond acceptors (Lipinski definition) is 6. The Hall–Kier alpha value is -2.71. The van der Waals surface area contributed by atoms with Crippen molar-refractivity contribution in [3.8, 4) is 22.9 Å². The van der Waals surface area contributed by atoms with Crippen LogP contribution in [0.25, 0.3) is 11.4 Å². The number of para-hydroxylation sites is 1. The highest BCUT2D eigenvalue weighted by atomic mass is 35.5. The highest BCUT2D eigenvalue weighted by molar-refractivity contribution is 7.99. The molecule has 2 aromatic carbocycles. The van der Waals surface area contributed by atoms with Gasteiger partial charge in [0.05, 0.1) is 29.7 Å². The molecular weight excluding hydrogens is 436 g/mol. The topological polar surface area (TPSA) is 78.3 Å². The molecule has 5 rings (SSSR count). The van der Waals surface area contributed by atoms with Gasteiger partial charge in [0, 0.05) is 18.0 Å². The number of halogens is 1. The molecule has 7 nitrogen and oxygen atoms in total. The van der Waals surface area contributed by atoms with Gasteiger partial charge in [-0.15, -0.1) is 10.2 Å². The van der Waals surface area contributed by atoms with Gasteiger partial charge in [-0.25, -0.2) is 0 Å². The van der Waals surface area contributed by atoms with E-state index in [0.29, 0.717) is 30.0 Å². The van der Waals surface area contributed by atoms with Crippen LogP contribution < -0.4 is 14.8 Å². The number of nitrogens with one attached hydrogen (secondary N) is 1. The van der Waals surface area contributed by atoms with E-state index in [2.05, 4.69) is 20.1 Å². The van der Waals surface area contributed by atoms with E-state index in [1.807, 2.05) is 30.3 Å². The second-order valence-electron chi connectivity index (χ2n) is 7.44. The maximum absolute atomic E-state index is 12.4. The van der Waals surface area contributed by atoms with Crippen molar-refractivity contribution in [1.29, 1.82) is 0 Å². The second kappa shape index (κ2) is 8.80. The first-order chi connectivity index (χ1) is 15.2. The van der Waals surface area contributed by atoms with Crippen LogP contribution in [0.1, 0.15) is 25.3 Å². The molecule has 160 valence electrons. The van der Waals surface area contributed by atoms with Gasteiger partial charge in [0.15, 0.2) is 22.5 Å². The van der Waals surface area contributed by atoms with Gasteiger partial charge in [-0.2, -0.15) is 0 Å². The second-order valence-corrected chi connectivity index (χ2v) is 8.79. The third-order valence-electron chi connectivity index (χ3n) is 5.06. The SMILES string of the molecule is O=C(CSc1nnc(-c2ccc3c(c2)OCCCO3)n1C1CC1)Nc1ccccc1Cl. The molecule has 2 heterocycles. The molecule has 0 radical (unpaired) electrons. The lowest BCUT2D eigenvalue weighted by Crippen LogP contribution is -2.15. The minimum absolute atomic E-state index is 0.138. The number of fused-ring (bicyclic) bond motifs is 1. The fourth-order valence-corrected chi connectivity index (χ4v) is 4.40. The quantitative estimate of drug-likeness (QED) is 0.535. The van der Waals surface area contributed by atoms with Crippen molar-refractivity contribution in [2.24, 2.45) is 0 Å². The normalized spacial score (nSPS) is 15.4. The van der Waals surface area contributed by atoms with E-state index < -0.39 is 0 Å². The summed E-state index contributed by atoms with van der Waals surface area (Å²) in [5.41, 5.74) is 1.53. The van der Waals surface area contributed by atoms with Gasteiger partial charge in [0.25, 0.3) is 0 Å². The summed E-state index contributed by atoms with van der Waals surface area (Å²) in [6.45, 7) is 1.29. The summed E-state index contributed by atoms with van der Waals surface area (Å²) in [7, 11) is 0. The first-order valence-electron chi connectivity index (χ1n) is 10.2. The monoisotopic (exact) mass is 456 g/mol. The van der Waals surface area contributed by atoms with Gasteiger partial charge in [0.1, 0.15) is 0 Å². The predicted octanol–water partition coefficient (Wildman–Crippen LogP) is 4.83. The molecule has 1 N–H and O–H groups in total. The summed E-state index contributed by atoms with van der Waals surface area (Å²) in [6, 6.07) is 13.4. The van der Waals surface area contributed by atoms with Gasteiger partial charge in [-0.05, 0) is 43.2 Å². The average Bonchev–Trinajstić information content (AvgIpc) is 3.57. The van der Waals surface area contributed by atoms with Crippen molar-refractivity contribution in [2.45, 2.75) is 30.5 Å². The summed E-state index contributed by atoms with van der Waals surface area (Å²) < 4.78 is 13.7. The minimum Gasteiger partial charge on any atom is -0.490 e. The summed E-state index contributed by atoms with van der Waals surface area (Å²) in [6.07, 6.45) is 3.02. The Morgan fingerprint density at radius 2 is 1.94 bits per heavy atom. The summed E-state index contributed by atoms with van der Waals surface area (Å²) >= 11 is 7.50. The Labute approximate surface area is 189 Å². The molecule has 1 fully saturated rings. The molecule has 3 aromatic rings. The molecule has 0 unspecified atom stereocenters. The highest BCUT2D eigenvalue weighted by Crippen LogP contribution is 2.42. The van der Waals surface area contributed by atoms with E-state index in [9.17, 15) is 4.79 Å². The summed E-state index contributed by atoms with van der Waals surface area (Å²) in [5.74, 6) is 2.35. The standard InChI is InChI=1S/C22H21ClN4O3S/c23-16-4-1-2-5-17(16)24-20(28)13-31-22-26-25-21(27(22)15-7-8-15)14-6-9-18-19(12-14)30-11-3-10-29-18/h1-2,4-6,9,12,15H,3,7-8,10-11,13H2,(H,24,28). The van der Waals surface area contributed by atoms with Crippen molar-refractivity contribution >= 4 is 35.0 Å². The number of carbonyl (C=O) groups is 1. The number of anilines is 1. The molecule has 0 spiro atoms. The average molecular weight is 457 g/mol. The lowest BCUT2D eigenvalue weighted by atomic mass is 10.2. The molecule has 0 atom stereocenters. The van der Waals surface area contributed by atoms with Crippen molar-refractivity contribution in [1.82, 2.24) is 14.8 Å². The number of hydrogen-bond donors (Lipinski definition) is 1. The minimum atomic E-state index is -0.138. The molecule has 31 heavy (non-hydrogen) atoms. The van der Waals surface area contributed by atoms with Crippen LogP contribution in [-0.2, 0) is 4.79 Å². The molecule has 1 amide bonds. The van der Waals surface area contributed by atoms with Crippen LogP contribution in [0.3, 0.4) is 0 Å². The van der Waals surface area contributed by atoms with Crippen LogP contribution in [0.4, 0.5) is 5.69 Å². The van der Waals surface area contributed by atoms with Gasteiger partial charge < -0.3 is 14.8 Å². The molecule has 0 bridgehead atoms. The van der Waals surface area contributed by atoms with Crippen molar-refractivity contribution < 1.29 is 14.3 Å². The summed E-state index contributed by atoms with van der Waals surface area (Å²) in [4.78, 5) is 12.4. The van der Waals surface area contributed by atoms with Crippen molar-refractivity contribution in [3.63, 3.8) is 0 Å². The largest absolute Gasteiger partial charge is 0.490 e. The number of amides is 1. The molecular formula is C22H21ClN4O3S. The maximum Gasteiger partial charge on any atom is 0.234 e. The van der Waals surface area contributed by atoms with Gasteiger partial charge in [-0.3, -0.25) is 9.36 Å². The Morgan fingerprint density at radius 1 is 1.13 bits per heavy atom. The van der Waals surface area contributed by atoms with E-state index >= 15 is 0 Å². The van der Waals surface area contributed by atoms with Crippen LogP contribution in [-0.4, -0.2) is 39.6 Å². The highest BCUT2D eigenvalue weighted by Gasteiger charge is 2.30. The fraction of sp³-hybridized carbons (Fsp3) is 0.318. The van der Waals surface area contributed by atoms with Gasteiger partial charge in [-0.1, -0.05) is 35.5 Å². The molecule has 1 aliphatic carbocycles. The molecule has 1 saturated carbocycles. The predicted molar refractivity (Wildman–Crippen MR) is 120 cm³/mol. The Bertz CT molecular complexity index is 1120. The molecule has 1 aromatic heterocycles. The molecule has 9 heteroatoms. The van der Waals surface area contributed by atoms with E-state index in [-0.39, 0.29) is 11.7 Å². The number of nitrogens with zero attached hydrogens (tertiary/aromatic N) is 3. The zero-order valence-corrected chi connectivity index (χ0v) is 18.3. The molecule has 2 aliphatic rings. The van der Waals surface area contributed by atoms with Gasteiger partial charge >= 0.3 is 0 Å². The lowest BCUT2D eigenvalue weighted by molar-refractivity contribution is -0.113. The van der Waals surface area contributed by atoms with Crippen LogP contribution in [0.15, 0.2) is 47.6 Å². The van der Waals surface area contributed by atoms with Crippen molar-refractivity contribution in [2.75, 3.05) is 24.3 Å². The zero-order valence-electron chi connectivity index (χ0n) is 16.7. The van der Waals surface area contributed by atoms with Crippen LogP contribution in [0, 0.1) is 0 Å². The molecule has 0 saturated heterocycles. The van der Waals surface area contributed by atoms with E-state index in [0.717, 1.165) is 47.3 Å². The Balaban J connectivity index is 1.34. The van der Waals surface area contributed by atoms with E-state index in [1.165, 1.54) is 11.8 Å². The Morgan fingerprint density at radius 3 is 2.74 bits per heavy atom. The number of thioether (sulfide) groups is 1. The third-order valence-corrected chi connectivity index (χ3v) is 6.34. The first kappa shape index (κ1) is 20.2. The van der Waals surface area contributed by atoms with E-state index in [4.69, 9.17) is 21.1 Å². The maximum atomic E-state index is 12.4. The van der Waals surface area contributed by atoms with E-state index in [1.54, 1.807) is 12.1 Å².